The number of primary amides is 1. The molecule has 2 unspecified atom stereocenters. The fraction of sp³-hybridized carbons (Fsp3) is 0.429. The highest BCUT2D eigenvalue weighted by atomic mass is 16.2. The zero-order valence-electron chi connectivity index (χ0n) is 11.9. The lowest BCUT2D eigenvalue weighted by molar-refractivity contribution is -0.126. The zero-order chi connectivity index (χ0) is 15.1. The van der Waals surface area contributed by atoms with Crippen molar-refractivity contribution in [3.63, 3.8) is 0 Å². The van der Waals surface area contributed by atoms with Crippen molar-refractivity contribution in [2.75, 3.05) is 20.6 Å². The molecular weight excluding hydrogens is 256 g/mol. The molecule has 6 heteroatoms. The molecule has 0 saturated heterocycles. The van der Waals surface area contributed by atoms with Gasteiger partial charge in [-0.1, -0.05) is 30.3 Å². The lowest BCUT2D eigenvalue weighted by Gasteiger charge is -2.24. The smallest absolute Gasteiger partial charge is 0.237 e. The number of carbonyl (C=O) groups excluding carboxylic acids is 2. The molecule has 0 bridgehead atoms. The maximum absolute atomic E-state index is 12.0. The summed E-state index contributed by atoms with van der Waals surface area (Å²) in [5, 5.41) is 2.86. The van der Waals surface area contributed by atoms with Crippen LogP contribution in [0.25, 0.3) is 0 Å². The first-order chi connectivity index (χ1) is 9.40. The van der Waals surface area contributed by atoms with Crippen molar-refractivity contribution in [2.24, 2.45) is 11.5 Å². The Morgan fingerprint density at radius 2 is 1.85 bits per heavy atom. The van der Waals surface area contributed by atoms with Crippen LogP contribution in [0.1, 0.15) is 18.0 Å². The molecule has 110 valence electrons. The Morgan fingerprint density at radius 3 is 2.35 bits per heavy atom. The molecular formula is C14H22N4O2. The third-order valence-corrected chi connectivity index (χ3v) is 2.82. The molecule has 2 amide bonds. The van der Waals surface area contributed by atoms with Gasteiger partial charge in [-0.05, 0) is 19.7 Å². The molecule has 0 aliphatic heterocycles. The van der Waals surface area contributed by atoms with Crippen molar-refractivity contribution < 1.29 is 9.59 Å². The first kappa shape index (κ1) is 16.1. The normalized spacial score (nSPS) is 13.8. The predicted molar refractivity (Wildman–Crippen MR) is 77.7 cm³/mol. The lowest BCUT2D eigenvalue weighted by atomic mass is 10.1. The molecule has 1 aromatic rings. The minimum absolute atomic E-state index is 0.157. The first-order valence-electron chi connectivity index (χ1n) is 6.44. The van der Waals surface area contributed by atoms with E-state index >= 15 is 0 Å². The van der Waals surface area contributed by atoms with Gasteiger partial charge in [-0.3, -0.25) is 9.59 Å². The minimum atomic E-state index is -0.916. The highest BCUT2D eigenvalue weighted by Crippen LogP contribution is 2.13. The summed E-state index contributed by atoms with van der Waals surface area (Å²) in [4.78, 5) is 24.8. The van der Waals surface area contributed by atoms with Gasteiger partial charge in [0, 0.05) is 6.54 Å². The van der Waals surface area contributed by atoms with Gasteiger partial charge in [-0.25, -0.2) is 0 Å². The summed E-state index contributed by atoms with van der Waals surface area (Å²) in [6, 6.07) is 8.51. The quantitative estimate of drug-likeness (QED) is 0.632. The number of nitrogens with zero attached hydrogens (tertiary/aromatic N) is 1. The van der Waals surface area contributed by atoms with Crippen molar-refractivity contribution in [1.82, 2.24) is 10.2 Å². The topological polar surface area (TPSA) is 101 Å². The molecule has 1 aromatic carbocycles. The summed E-state index contributed by atoms with van der Waals surface area (Å²) >= 11 is 0. The maximum atomic E-state index is 12.0. The van der Waals surface area contributed by atoms with Crippen molar-refractivity contribution in [1.29, 1.82) is 0 Å². The van der Waals surface area contributed by atoms with E-state index in [2.05, 4.69) is 5.32 Å². The molecule has 0 fully saturated rings. The summed E-state index contributed by atoms with van der Waals surface area (Å²) in [7, 11) is 3.84. The number of amides is 2. The maximum Gasteiger partial charge on any atom is 0.237 e. The first-order valence-corrected chi connectivity index (χ1v) is 6.44. The summed E-state index contributed by atoms with van der Waals surface area (Å²) in [6.07, 6.45) is -0.157. The Bertz CT molecular complexity index is 448. The molecule has 0 aromatic heterocycles. The number of carbonyl (C=O) groups is 2. The molecule has 0 aliphatic carbocycles. The van der Waals surface area contributed by atoms with Gasteiger partial charge < -0.3 is 21.7 Å². The van der Waals surface area contributed by atoms with Gasteiger partial charge in [0.2, 0.25) is 11.8 Å². The standard InChI is InChI=1S/C14H22N4O2/c1-18(2)9-12(10-6-4-3-5-7-10)17-14(20)11(15)8-13(16)19/h3-7,11-12H,8-9,15H2,1-2H3,(H2,16,19)(H,17,20). The molecule has 20 heavy (non-hydrogen) atoms. The molecule has 1 rings (SSSR count). The van der Waals surface area contributed by atoms with Crippen LogP contribution in [0.5, 0.6) is 0 Å². The van der Waals surface area contributed by atoms with E-state index in [9.17, 15) is 9.59 Å². The number of nitrogens with two attached hydrogens (primary N) is 2. The number of hydrogen-bond donors (Lipinski definition) is 3. The van der Waals surface area contributed by atoms with Gasteiger partial charge in [-0.2, -0.15) is 0 Å². The van der Waals surface area contributed by atoms with E-state index in [-0.39, 0.29) is 18.4 Å². The summed E-state index contributed by atoms with van der Waals surface area (Å²) in [5.41, 5.74) is 11.7. The Kier molecular flexibility index (Phi) is 6.14. The molecule has 0 spiro atoms. The van der Waals surface area contributed by atoms with E-state index in [1.54, 1.807) is 0 Å². The summed E-state index contributed by atoms with van der Waals surface area (Å²) in [5.74, 6) is -0.962. The summed E-state index contributed by atoms with van der Waals surface area (Å²) in [6.45, 7) is 0.638. The van der Waals surface area contributed by atoms with E-state index in [1.807, 2.05) is 49.3 Å². The van der Waals surface area contributed by atoms with E-state index in [0.29, 0.717) is 6.54 Å². The summed E-state index contributed by atoms with van der Waals surface area (Å²) < 4.78 is 0. The van der Waals surface area contributed by atoms with Crippen molar-refractivity contribution in [2.45, 2.75) is 18.5 Å². The number of benzene rings is 1. The van der Waals surface area contributed by atoms with Crippen LogP contribution in [0, 0.1) is 0 Å². The van der Waals surface area contributed by atoms with Gasteiger partial charge in [0.25, 0.3) is 0 Å². The fourth-order valence-corrected chi connectivity index (χ4v) is 1.87. The van der Waals surface area contributed by atoms with Crippen LogP contribution in [-0.4, -0.2) is 43.4 Å². The average molecular weight is 278 g/mol. The van der Waals surface area contributed by atoms with Gasteiger partial charge in [-0.15, -0.1) is 0 Å². The van der Waals surface area contributed by atoms with Crippen LogP contribution in [0.15, 0.2) is 30.3 Å². The molecule has 0 aliphatic rings. The number of hydrogen-bond acceptors (Lipinski definition) is 4. The van der Waals surface area contributed by atoms with Crippen LogP contribution < -0.4 is 16.8 Å². The third kappa shape index (κ3) is 5.38. The molecule has 2 atom stereocenters. The zero-order valence-corrected chi connectivity index (χ0v) is 11.9. The average Bonchev–Trinajstić information content (AvgIpc) is 2.37. The highest BCUT2D eigenvalue weighted by molar-refractivity contribution is 5.87. The number of rotatable bonds is 7. The van der Waals surface area contributed by atoms with Gasteiger partial charge >= 0.3 is 0 Å². The molecule has 0 saturated carbocycles. The van der Waals surface area contributed by atoms with Crippen molar-refractivity contribution in [3.8, 4) is 0 Å². The Morgan fingerprint density at radius 1 is 1.25 bits per heavy atom. The predicted octanol–water partition coefficient (Wildman–Crippen LogP) is -0.392. The van der Waals surface area contributed by atoms with Gasteiger partial charge in [0.1, 0.15) is 0 Å². The van der Waals surface area contributed by atoms with E-state index in [1.165, 1.54) is 0 Å². The van der Waals surface area contributed by atoms with E-state index in [4.69, 9.17) is 11.5 Å². The molecule has 0 heterocycles. The van der Waals surface area contributed by atoms with E-state index < -0.39 is 11.9 Å². The third-order valence-electron chi connectivity index (χ3n) is 2.82. The second-order valence-electron chi connectivity index (χ2n) is 5.01. The van der Waals surface area contributed by atoms with Crippen molar-refractivity contribution in [3.05, 3.63) is 35.9 Å². The Hall–Kier alpha value is -1.92. The van der Waals surface area contributed by atoms with Gasteiger partial charge in [0.15, 0.2) is 0 Å². The monoisotopic (exact) mass is 278 g/mol. The molecule has 5 N–H and O–H groups in total. The SMILES string of the molecule is CN(C)CC(NC(=O)C(N)CC(N)=O)c1ccccc1. The van der Waals surface area contributed by atoms with Crippen LogP contribution in [0.2, 0.25) is 0 Å². The van der Waals surface area contributed by atoms with E-state index in [0.717, 1.165) is 5.56 Å². The highest BCUT2D eigenvalue weighted by Gasteiger charge is 2.21. The second kappa shape index (κ2) is 7.62. The van der Waals surface area contributed by atoms with Crippen LogP contribution in [0.4, 0.5) is 0 Å². The van der Waals surface area contributed by atoms with Crippen LogP contribution in [0.3, 0.4) is 0 Å². The second-order valence-corrected chi connectivity index (χ2v) is 5.01. The van der Waals surface area contributed by atoms with Gasteiger partial charge in [0.05, 0.1) is 18.5 Å². The molecule has 6 nitrogen and oxygen atoms in total. The number of likely N-dealkylation sites (N-methyl/N-ethyl adjacent to an activating group) is 1. The largest absolute Gasteiger partial charge is 0.370 e. The fourth-order valence-electron chi connectivity index (χ4n) is 1.87. The Balaban J connectivity index is 2.75. The van der Waals surface area contributed by atoms with Crippen LogP contribution >= 0.6 is 0 Å². The Labute approximate surface area is 119 Å². The number of nitrogens with one attached hydrogen (secondary N) is 1. The van der Waals surface area contributed by atoms with Crippen LogP contribution in [-0.2, 0) is 9.59 Å². The van der Waals surface area contributed by atoms with Crippen molar-refractivity contribution >= 4 is 11.8 Å². The molecule has 0 radical (unpaired) electrons. The minimum Gasteiger partial charge on any atom is -0.370 e. The lowest BCUT2D eigenvalue weighted by Crippen LogP contribution is -2.46.